The van der Waals surface area contributed by atoms with E-state index >= 15 is 0 Å². The Labute approximate surface area is 130 Å². The fraction of sp³-hybridized carbons (Fsp3) is 0.500. The first kappa shape index (κ1) is 17.8. The van der Waals surface area contributed by atoms with E-state index in [1.165, 1.54) is 0 Å². The van der Waals surface area contributed by atoms with Gasteiger partial charge in [-0.05, 0) is 31.4 Å². The van der Waals surface area contributed by atoms with Crippen molar-refractivity contribution in [2.24, 2.45) is 5.92 Å². The van der Waals surface area contributed by atoms with Gasteiger partial charge in [0.2, 0.25) is 0 Å². The molecule has 0 aliphatic carbocycles. The van der Waals surface area contributed by atoms with E-state index in [9.17, 15) is 9.59 Å². The van der Waals surface area contributed by atoms with Crippen LogP contribution in [0.1, 0.15) is 27.2 Å². The molecular formula is C16H23NO5. The van der Waals surface area contributed by atoms with Crippen LogP contribution in [0.15, 0.2) is 24.3 Å². The quantitative estimate of drug-likeness (QED) is 0.729. The molecule has 0 heterocycles. The maximum atomic E-state index is 11.8. The summed E-state index contributed by atoms with van der Waals surface area (Å²) >= 11 is 0. The Morgan fingerprint density at radius 3 is 2.27 bits per heavy atom. The topological polar surface area (TPSA) is 84.9 Å². The minimum absolute atomic E-state index is 0.168. The van der Waals surface area contributed by atoms with Crippen molar-refractivity contribution in [2.75, 3.05) is 13.2 Å². The molecule has 0 saturated carbocycles. The van der Waals surface area contributed by atoms with Gasteiger partial charge in [0.15, 0.2) is 18.1 Å². The van der Waals surface area contributed by atoms with Gasteiger partial charge < -0.3 is 19.9 Å². The average molecular weight is 309 g/mol. The van der Waals surface area contributed by atoms with Crippen molar-refractivity contribution in [1.82, 2.24) is 5.32 Å². The van der Waals surface area contributed by atoms with Crippen molar-refractivity contribution < 1.29 is 24.2 Å². The Bertz CT molecular complexity index is 501. The van der Waals surface area contributed by atoms with Gasteiger partial charge in [-0.2, -0.15) is 0 Å². The number of hydrogen-bond acceptors (Lipinski definition) is 4. The van der Waals surface area contributed by atoms with Crippen LogP contribution in [0.25, 0.3) is 0 Å². The third-order valence-corrected chi connectivity index (χ3v) is 2.85. The molecule has 0 aromatic heterocycles. The molecule has 0 bridgehead atoms. The van der Waals surface area contributed by atoms with Gasteiger partial charge in [-0.3, -0.25) is 4.79 Å². The Hall–Kier alpha value is -2.24. The third kappa shape index (κ3) is 6.03. The summed E-state index contributed by atoms with van der Waals surface area (Å²) < 4.78 is 10.8. The van der Waals surface area contributed by atoms with Crippen molar-refractivity contribution in [3.05, 3.63) is 24.3 Å². The molecule has 1 amide bonds. The van der Waals surface area contributed by atoms with Crippen LogP contribution in [0.2, 0.25) is 0 Å². The van der Waals surface area contributed by atoms with Gasteiger partial charge in [-0.1, -0.05) is 26.0 Å². The molecule has 0 aliphatic rings. The highest BCUT2D eigenvalue weighted by Crippen LogP contribution is 2.26. The maximum Gasteiger partial charge on any atom is 0.326 e. The summed E-state index contributed by atoms with van der Waals surface area (Å²) in [6.07, 6.45) is 0.372. The van der Waals surface area contributed by atoms with Gasteiger partial charge in [0.1, 0.15) is 6.04 Å². The van der Waals surface area contributed by atoms with Crippen LogP contribution in [0, 0.1) is 5.92 Å². The second-order valence-corrected chi connectivity index (χ2v) is 5.26. The first-order valence-electron chi connectivity index (χ1n) is 7.30. The van der Waals surface area contributed by atoms with Crippen molar-refractivity contribution in [2.45, 2.75) is 33.2 Å². The van der Waals surface area contributed by atoms with Gasteiger partial charge in [-0.15, -0.1) is 0 Å². The molecule has 22 heavy (non-hydrogen) atoms. The molecule has 0 unspecified atom stereocenters. The number of carbonyl (C=O) groups is 2. The standard InChI is InChI=1S/C16H23NO5/c1-4-21-13-7-5-6-8-14(13)22-10-15(18)17-12(16(19)20)9-11(2)3/h5-8,11-12H,4,9-10H2,1-3H3,(H,17,18)(H,19,20)/t12-/m0/s1. The lowest BCUT2D eigenvalue weighted by atomic mass is 10.0. The second kappa shape index (κ2) is 8.92. The van der Waals surface area contributed by atoms with E-state index in [-0.39, 0.29) is 12.5 Å². The number of carboxylic acids is 1. The lowest BCUT2D eigenvalue weighted by Crippen LogP contribution is -2.43. The molecule has 6 heteroatoms. The Kier molecular flexibility index (Phi) is 7.22. The predicted octanol–water partition coefficient (Wildman–Crippen LogP) is 2.08. The fourth-order valence-corrected chi connectivity index (χ4v) is 1.92. The highest BCUT2D eigenvalue weighted by atomic mass is 16.5. The van der Waals surface area contributed by atoms with Gasteiger partial charge in [0.05, 0.1) is 6.61 Å². The van der Waals surface area contributed by atoms with Crippen molar-refractivity contribution >= 4 is 11.9 Å². The molecule has 1 aromatic carbocycles. The number of rotatable bonds is 9. The molecule has 0 fully saturated rings. The van der Waals surface area contributed by atoms with Crippen molar-refractivity contribution in [3.63, 3.8) is 0 Å². The molecule has 1 atom stereocenters. The van der Waals surface area contributed by atoms with E-state index in [4.69, 9.17) is 14.6 Å². The number of amides is 1. The molecule has 1 rings (SSSR count). The summed E-state index contributed by atoms with van der Waals surface area (Å²) in [7, 11) is 0. The molecule has 2 N–H and O–H groups in total. The Morgan fingerprint density at radius 2 is 1.77 bits per heavy atom. The zero-order valence-corrected chi connectivity index (χ0v) is 13.2. The predicted molar refractivity (Wildman–Crippen MR) is 82.1 cm³/mol. The van der Waals surface area contributed by atoms with E-state index < -0.39 is 17.9 Å². The molecule has 0 radical (unpaired) electrons. The van der Waals surface area contributed by atoms with Crippen LogP contribution in [0.3, 0.4) is 0 Å². The molecule has 0 saturated heterocycles. The minimum atomic E-state index is -1.04. The second-order valence-electron chi connectivity index (χ2n) is 5.26. The van der Waals surface area contributed by atoms with Gasteiger partial charge >= 0.3 is 5.97 Å². The fourth-order valence-electron chi connectivity index (χ4n) is 1.92. The van der Waals surface area contributed by atoms with Crippen LogP contribution in [0.4, 0.5) is 0 Å². The van der Waals surface area contributed by atoms with Gasteiger partial charge in [-0.25, -0.2) is 4.79 Å². The lowest BCUT2D eigenvalue weighted by Gasteiger charge is -2.17. The van der Waals surface area contributed by atoms with Crippen LogP contribution in [0.5, 0.6) is 11.5 Å². The van der Waals surface area contributed by atoms with E-state index in [0.717, 1.165) is 0 Å². The molecule has 122 valence electrons. The molecule has 1 aromatic rings. The van der Waals surface area contributed by atoms with Crippen LogP contribution in [-0.2, 0) is 9.59 Å². The largest absolute Gasteiger partial charge is 0.490 e. The minimum Gasteiger partial charge on any atom is -0.490 e. The van der Waals surface area contributed by atoms with Crippen LogP contribution in [-0.4, -0.2) is 36.2 Å². The van der Waals surface area contributed by atoms with E-state index in [2.05, 4.69) is 5.32 Å². The first-order chi connectivity index (χ1) is 10.4. The average Bonchev–Trinajstić information content (AvgIpc) is 2.45. The van der Waals surface area contributed by atoms with Gasteiger partial charge in [0.25, 0.3) is 5.91 Å². The number of benzene rings is 1. The zero-order valence-electron chi connectivity index (χ0n) is 13.2. The van der Waals surface area contributed by atoms with E-state index in [1.807, 2.05) is 20.8 Å². The molecular weight excluding hydrogens is 286 g/mol. The molecule has 0 aliphatic heterocycles. The number of carboxylic acid groups (broad SMARTS) is 1. The highest BCUT2D eigenvalue weighted by molar-refractivity contribution is 5.84. The van der Waals surface area contributed by atoms with Gasteiger partial charge in [0, 0.05) is 0 Å². The highest BCUT2D eigenvalue weighted by Gasteiger charge is 2.21. The zero-order chi connectivity index (χ0) is 16.5. The van der Waals surface area contributed by atoms with E-state index in [1.54, 1.807) is 24.3 Å². The number of hydrogen-bond donors (Lipinski definition) is 2. The van der Waals surface area contributed by atoms with Crippen molar-refractivity contribution in [1.29, 1.82) is 0 Å². The van der Waals surface area contributed by atoms with Crippen LogP contribution < -0.4 is 14.8 Å². The summed E-state index contributed by atoms with van der Waals surface area (Å²) in [6.45, 7) is 5.88. The summed E-state index contributed by atoms with van der Waals surface area (Å²) in [5.74, 6) is -0.345. The number of para-hydroxylation sites is 2. The normalized spacial score (nSPS) is 11.8. The molecule has 0 spiro atoms. The Morgan fingerprint density at radius 1 is 1.18 bits per heavy atom. The first-order valence-corrected chi connectivity index (χ1v) is 7.30. The number of carbonyl (C=O) groups excluding carboxylic acids is 1. The van der Waals surface area contributed by atoms with Crippen LogP contribution >= 0.6 is 0 Å². The molecule has 6 nitrogen and oxygen atoms in total. The monoisotopic (exact) mass is 309 g/mol. The maximum absolute atomic E-state index is 11.8. The Balaban J connectivity index is 2.57. The number of nitrogens with one attached hydrogen (secondary N) is 1. The SMILES string of the molecule is CCOc1ccccc1OCC(=O)N[C@@H](CC(C)C)C(=O)O. The number of aliphatic carboxylic acids is 1. The third-order valence-electron chi connectivity index (χ3n) is 2.85. The van der Waals surface area contributed by atoms with E-state index in [0.29, 0.717) is 24.5 Å². The van der Waals surface area contributed by atoms with Crippen molar-refractivity contribution in [3.8, 4) is 11.5 Å². The lowest BCUT2D eigenvalue weighted by molar-refractivity contribution is -0.142. The summed E-state index contributed by atoms with van der Waals surface area (Å²) in [5, 5.41) is 11.6. The summed E-state index contributed by atoms with van der Waals surface area (Å²) in [4.78, 5) is 23.0. The smallest absolute Gasteiger partial charge is 0.326 e. The summed E-state index contributed by atoms with van der Waals surface area (Å²) in [6, 6.07) is 6.12. The summed E-state index contributed by atoms with van der Waals surface area (Å²) in [5.41, 5.74) is 0. The number of ether oxygens (including phenoxy) is 2.